The SMILES string of the molecule is Cc1cc([N+](=O)[O-])c(N2CCCCC2)c([N+](=O)[O-])c1. The largest absolute Gasteiger partial charge is 0.360 e. The molecule has 1 saturated heterocycles. The maximum absolute atomic E-state index is 11.1. The summed E-state index contributed by atoms with van der Waals surface area (Å²) in [5.74, 6) is 0. The summed E-state index contributed by atoms with van der Waals surface area (Å²) in [4.78, 5) is 23.0. The highest BCUT2D eigenvalue weighted by Crippen LogP contribution is 2.39. The molecule has 0 amide bonds. The van der Waals surface area contributed by atoms with Crippen molar-refractivity contribution in [2.45, 2.75) is 26.2 Å². The quantitative estimate of drug-likeness (QED) is 0.619. The standard InChI is InChI=1S/C12H15N3O4/c1-9-7-10(14(16)17)12(11(8-9)15(18)19)13-5-3-2-4-6-13/h7-8H,2-6H2,1H3. The van der Waals surface area contributed by atoms with E-state index in [2.05, 4.69) is 0 Å². The van der Waals surface area contributed by atoms with Gasteiger partial charge in [-0.05, 0) is 31.7 Å². The highest BCUT2D eigenvalue weighted by molar-refractivity contribution is 5.76. The van der Waals surface area contributed by atoms with Gasteiger partial charge in [0.1, 0.15) is 0 Å². The molecule has 1 aromatic rings. The zero-order chi connectivity index (χ0) is 14.0. The number of benzene rings is 1. The summed E-state index contributed by atoms with van der Waals surface area (Å²) in [6.45, 7) is 2.88. The van der Waals surface area contributed by atoms with Crippen LogP contribution in [0, 0.1) is 27.2 Å². The number of hydrogen-bond acceptors (Lipinski definition) is 5. The average molecular weight is 265 g/mol. The molecule has 1 aromatic carbocycles. The first-order valence-electron chi connectivity index (χ1n) is 6.19. The van der Waals surface area contributed by atoms with Crippen LogP contribution in [0.25, 0.3) is 0 Å². The zero-order valence-electron chi connectivity index (χ0n) is 10.7. The van der Waals surface area contributed by atoms with Gasteiger partial charge in [-0.3, -0.25) is 20.2 Å². The second-order valence-electron chi connectivity index (χ2n) is 4.71. The van der Waals surface area contributed by atoms with Crippen molar-refractivity contribution in [3.8, 4) is 0 Å². The number of aryl methyl sites for hydroxylation is 1. The second kappa shape index (κ2) is 5.21. The molecule has 1 aliphatic heterocycles. The fraction of sp³-hybridized carbons (Fsp3) is 0.500. The Bertz CT molecular complexity index is 489. The van der Waals surface area contributed by atoms with Crippen LogP contribution >= 0.6 is 0 Å². The van der Waals surface area contributed by atoms with E-state index in [0.29, 0.717) is 18.7 Å². The summed E-state index contributed by atoms with van der Waals surface area (Å²) in [6.07, 6.45) is 2.87. The lowest BCUT2D eigenvalue weighted by atomic mass is 10.1. The van der Waals surface area contributed by atoms with Crippen LogP contribution in [0.2, 0.25) is 0 Å². The summed E-state index contributed by atoms with van der Waals surface area (Å²) in [6, 6.07) is 2.80. The Hall–Kier alpha value is -2.18. The van der Waals surface area contributed by atoms with E-state index in [4.69, 9.17) is 0 Å². The fourth-order valence-electron chi connectivity index (χ4n) is 2.46. The molecule has 0 saturated carbocycles. The minimum atomic E-state index is -0.538. The normalized spacial score (nSPS) is 15.3. The maximum atomic E-state index is 11.1. The number of nitro groups is 2. The van der Waals surface area contributed by atoms with Crippen molar-refractivity contribution in [3.05, 3.63) is 37.9 Å². The number of hydrogen-bond donors (Lipinski definition) is 0. The molecule has 0 unspecified atom stereocenters. The van der Waals surface area contributed by atoms with E-state index < -0.39 is 9.85 Å². The van der Waals surface area contributed by atoms with Crippen LogP contribution < -0.4 is 4.90 Å². The first-order valence-corrected chi connectivity index (χ1v) is 6.19. The molecule has 0 atom stereocenters. The van der Waals surface area contributed by atoms with E-state index in [9.17, 15) is 20.2 Å². The Morgan fingerprint density at radius 1 is 1.00 bits per heavy atom. The zero-order valence-corrected chi connectivity index (χ0v) is 10.7. The lowest BCUT2D eigenvalue weighted by molar-refractivity contribution is -0.392. The van der Waals surface area contributed by atoms with Gasteiger partial charge in [0.05, 0.1) is 9.85 Å². The monoisotopic (exact) mass is 265 g/mol. The number of rotatable bonds is 3. The molecular weight excluding hydrogens is 250 g/mol. The fourth-order valence-corrected chi connectivity index (χ4v) is 2.46. The van der Waals surface area contributed by atoms with Gasteiger partial charge in [-0.15, -0.1) is 0 Å². The van der Waals surface area contributed by atoms with Crippen molar-refractivity contribution in [2.24, 2.45) is 0 Å². The van der Waals surface area contributed by atoms with Gasteiger partial charge in [-0.25, -0.2) is 0 Å². The minimum Gasteiger partial charge on any atom is -0.360 e. The molecule has 0 N–H and O–H groups in total. The molecule has 0 aliphatic carbocycles. The molecule has 0 radical (unpaired) electrons. The van der Waals surface area contributed by atoms with E-state index in [1.54, 1.807) is 11.8 Å². The highest BCUT2D eigenvalue weighted by Gasteiger charge is 2.31. The van der Waals surface area contributed by atoms with Crippen LogP contribution in [0.4, 0.5) is 17.1 Å². The van der Waals surface area contributed by atoms with Gasteiger partial charge < -0.3 is 4.90 Å². The summed E-state index contributed by atoms with van der Waals surface area (Å²) in [7, 11) is 0. The molecule has 0 bridgehead atoms. The smallest absolute Gasteiger partial charge is 0.299 e. The number of anilines is 1. The van der Waals surface area contributed by atoms with Crippen molar-refractivity contribution in [3.63, 3.8) is 0 Å². The van der Waals surface area contributed by atoms with Gasteiger partial charge in [-0.2, -0.15) is 0 Å². The van der Waals surface area contributed by atoms with Gasteiger partial charge in [0.2, 0.25) is 0 Å². The Balaban J connectivity index is 2.59. The summed E-state index contributed by atoms with van der Waals surface area (Å²) < 4.78 is 0. The number of piperidine rings is 1. The van der Waals surface area contributed by atoms with Crippen molar-refractivity contribution in [1.82, 2.24) is 0 Å². The van der Waals surface area contributed by atoms with Crippen LogP contribution in [0.3, 0.4) is 0 Å². The first kappa shape index (κ1) is 13.3. The molecule has 0 spiro atoms. The van der Waals surface area contributed by atoms with Gasteiger partial charge >= 0.3 is 0 Å². The average Bonchev–Trinajstić information content (AvgIpc) is 2.38. The van der Waals surface area contributed by atoms with Crippen molar-refractivity contribution in [2.75, 3.05) is 18.0 Å². The third-order valence-electron chi connectivity index (χ3n) is 3.28. The third-order valence-corrected chi connectivity index (χ3v) is 3.28. The maximum Gasteiger partial charge on any atom is 0.299 e. The molecule has 7 heteroatoms. The van der Waals surface area contributed by atoms with E-state index in [1.807, 2.05) is 0 Å². The third kappa shape index (κ3) is 2.64. The van der Waals surface area contributed by atoms with E-state index >= 15 is 0 Å². The number of nitrogens with zero attached hydrogens (tertiary/aromatic N) is 3. The van der Waals surface area contributed by atoms with Gasteiger partial charge in [0.15, 0.2) is 5.69 Å². The molecule has 102 valence electrons. The van der Waals surface area contributed by atoms with E-state index in [0.717, 1.165) is 19.3 Å². The topological polar surface area (TPSA) is 89.5 Å². The molecule has 2 rings (SSSR count). The Labute approximate surface area is 110 Å². The van der Waals surface area contributed by atoms with Crippen LogP contribution in [0.5, 0.6) is 0 Å². The lowest BCUT2D eigenvalue weighted by Gasteiger charge is -2.28. The predicted octanol–water partition coefficient (Wildman–Crippen LogP) is 2.80. The van der Waals surface area contributed by atoms with Crippen LogP contribution in [-0.2, 0) is 0 Å². The van der Waals surface area contributed by atoms with Crippen molar-refractivity contribution < 1.29 is 9.85 Å². The lowest BCUT2D eigenvalue weighted by Crippen LogP contribution is -2.30. The Morgan fingerprint density at radius 3 is 1.89 bits per heavy atom. The van der Waals surface area contributed by atoms with Crippen LogP contribution in [-0.4, -0.2) is 22.9 Å². The van der Waals surface area contributed by atoms with E-state index in [-0.39, 0.29) is 17.1 Å². The predicted molar refractivity (Wildman–Crippen MR) is 70.6 cm³/mol. The molecular formula is C12H15N3O4. The molecule has 0 aromatic heterocycles. The highest BCUT2D eigenvalue weighted by atomic mass is 16.6. The van der Waals surface area contributed by atoms with Gasteiger partial charge in [0, 0.05) is 25.2 Å². The molecule has 19 heavy (non-hydrogen) atoms. The van der Waals surface area contributed by atoms with Crippen LogP contribution in [0.1, 0.15) is 24.8 Å². The molecule has 1 fully saturated rings. The Morgan fingerprint density at radius 2 is 1.47 bits per heavy atom. The summed E-state index contributed by atoms with van der Waals surface area (Å²) >= 11 is 0. The molecule has 1 heterocycles. The Kier molecular flexibility index (Phi) is 3.64. The second-order valence-corrected chi connectivity index (χ2v) is 4.71. The van der Waals surface area contributed by atoms with Crippen LogP contribution in [0.15, 0.2) is 12.1 Å². The summed E-state index contributed by atoms with van der Waals surface area (Å²) in [5, 5.41) is 22.3. The van der Waals surface area contributed by atoms with Crippen molar-refractivity contribution >= 4 is 17.1 Å². The summed E-state index contributed by atoms with van der Waals surface area (Å²) in [5.41, 5.74) is 0.335. The molecule has 1 aliphatic rings. The van der Waals surface area contributed by atoms with Gasteiger partial charge in [-0.1, -0.05) is 0 Å². The van der Waals surface area contributed by atoms with E-state index in [1.165, 1.54) is 12.1 Å². The molecule has 7 nitrogen and oxygen atoms in total. The number of nitro benzene ring substituents is 2. The van der Waals surface area contributed by atoms with Crippen molar-refractivity contribution in [1.29, 1.82) is 0 Å². The first-order chi connectivity index (χ1) is 9.00. The minimum absolute atomic E-state index is 0.153. The van der Waals surface area contributed by atoms with Gasteiger partial charge in [0.25, 0.3) is 11.4 Å².